The Balaban J connectivity index is 2.26. The fourth-order valence-corrected chi connectivity index (χ4v) is 3.25. The predicted molar refractivity (Wildman–Crippen MR) is 68.4 cm³/mol. The minimum atomic E-state index is -3.76. The smallest absolute Gasteiger partial charge is 0.263 e. The lowest BCUT2D eigenvalue weighted by atomic mass is 10.2. The van der Waals surface area contributed by atoms with Crippen LogP contribution in [0, 0.1) is 6.92 Å². The van der Waals surface area contributed by atoms with Crippen molar-refractivity contribution >= 4 is 32.5 Å². The first-order chi connectivity index (χ1) is 8.88. The molecular weight excluding hydrogens is 288 g/mol. The second-order valence-corrected chi connectivity index (χ2v) is 6.61. The zero-order valence-electron chi connectivity index (χ0n) is 9.78. The number of aromatic nitrogens is 1. The summed E-state index contributed by atoms with van der Waals surface area (Å²) in [6.45, 7) is 1.81. The highest BCUT2D eigenvalue weighted by Crippen LogP contribution is 2.21. The molecule has 2 aromatic rings. The van der Waals surface area contributed by atoms with Crippen LogP contribution >= 0.6 is 11.3 Å². The van der Waals surface area contributed by atoms with Gasteiger partial charge in [-0.1, -0.05) is 12.1 Å². The van der Waals surface area contributed by atoms with E-state index < -0.39 is 16.0 Å². The molecule has 100 valence electrons. The van der Waals surface area contributed by atoms with Gasteiger partial charge in [0.25, 0.3) is 10.0 Å². The lowest BCUT2D eigenvalue weighted by Gasteiger charge is -2.06. The summed E-state index contributed by atoms with van der Waals surface area (Å²) in [5, 5.41) is 10.8. The molecule has 0 amide bonds. The number of hydrogen-bond acceptors (Lipinski definition) is 6. The van der Waals surface area contributed by atoms with Crippen molar-refractivity contribution in [2.75, 3.05) is 4.72 Å². The summed E-state index contributed by atoms with van der Waals surface area (Å²) in [5.41, 5.74) is -0.0796. The van der Waals surface area contributed by atoms with Crippen LogP contribution in [-0.2, 0) is 10.0 Å². The summed E-state index contributed by atoms with van der Waals surface area (Å²) >= 11 is 1.21. The zero-order valence-corrected chi connectivity index (χ0v) is 11.4. The van der Waals surface area contributed by atoms with Gasteiger partial charge in [0.1, 0.15) is 0 Å². The minimum absolute atomic E-state index is 0.0367. The standard InChI is InChI=1S/C11H10N2O4S2/c1-7-6-12-11(18-7)13-19(16,17)9-4-2-8(3-5-9)10(14)15/h2-6H,1H3,(H,12,13)(H,14,15)/p-1. The van der Waals surface area contributed by atoms with Crippen molar-refractivity contribution in [3.05, 3.63) is 40.9 Å². The van der Waals surface area contributed by atoms with Gasteiger partial charge in [-0.15, -0.1) is 11.3 Å². The van der Waals surface area contributed by atoms with Crippen LogP contribution in [0.25, 0.3) is 0 Å². The van der Waals surface area contributed by atoms with E-state index in [1.54, 1.807) is 6.20 Å². The van der Waals surface area contributed by atoms with Crippen LogP contribution in [0.3, 0.4) is 0 Å². The molecule has 0 saturated heterocycles. The summed E-state index contributed by atoms with van der Waals surface area (Å²) in [4.78, 5) is 15.3. The number of hydrogen-bond donors (Lipinski definition) is 1. The van der Waals surface area contributed by atoms with Gasteiger partial charge in [-0.05, 0) is 24.6 Å². The molecule has 0 aliphatic carbocycles. The highest BCUT2D eigenvalue weighted by atomic mass is 32.2. The third-order valence-corrected chi connectivity index (χ3v) is 4.56. The van der Waals surface area contributed by atoms with Crippen LogP contribution in [-0.4, -0.2) is 19.4 Å². The number of carboxylic acids is 1. The number of aryl methyl sites for hydroxylation is 1. The molecule has 0 fully saturated rings. The molecule has 6 nitrogen and oxygen atoms in total. The molecule has 0 bridgehead atoms. The third kappa shape index (κ3) is 3.09. The molecule has 2 rings (SSSR count). The molecule has 0 saturated carbocycles. The third-order valence-electron chi connectivity index (χ3n) is 2.24. The number of nitrogens with zero attached hydrogens (tertiary/aromatic N) is 1. The van der Waals surface area contributed by atoms with Gasteiger partial charge < -0.3 is 9.90 Å². The van der Waals surface area contributed by atoms with E-state index in [-0.39, 0.29) is 15.6 Å². The van der Waals surface area contributed by atoms with E-state index in [0.29, 0.717) is 0 Å². The maximum Gasteiger partial charge on any atom is 0.263 e. The van der Waals surface area contributed by atoms with Gasteiger partial charge in [-0.2, -0.15) is 0 Å². The second-order valence-electron chi connectivity index (χ2n) is 3.69. The molecular formula is C11H9N2O4S2-. The molecule has 1 heterocycles. The Bertz CT molecular complexity index is 705. The molecule has 1 N–H and O–H groups in total. The van der Waals surface area contributed by atoms with Gasteiger partial charge in [0.05, 0.1) is 10.9 Å². The lowest BCUT2D eigenvalue weighted by Crippen LogP contribution is -2.22. The van der Waals surface area contributed by atoms with E-state index in [2.05, 4.69) is 9.71 Å². The monoisotopic (exact) mass is 297 g/mol. The molecule has 1 aromatic carbocycles. The van der Waals surface area contributed by atoms with Crippen LogP contribution in [0.2, 0.25) is 0 Å². The van der Waals surface area contributed by atoms with Crippen molar-refractivity contribution in [1.29, 1.82) is 0 Å². The summed E-state index contributed by atoms with van der Waals surface area (Å²) in [5.74, 6) is -1.35. The van der Waals surface area contributed by atoms with E-state index in [1.165, 1.54) is 35.6 Å². The number of carboxylic acid groups (broad SMARTS) is 1. The number of aromatic carboxylic acids is 1. The number of carbonyl (C=O) groups excluding carboxylic acids is 1. The zero-order chi connectivity index (χ0) is 14.0. The van der Waals surface area contributed by atoms with Crippen LogP contribution < -0.4 is 9.83 Å². The Labute approximate surface area is 113 Å². The number of rotatable bonds is 4. The van der Waals surface area contributed by atoms with Crippen LogP contribution in [0.4, 0.5) is 5.13 Å². The minimum Gasteiger partial charge on any atom is -0.545 e. The van der Waals surface area contributed by atoms with Crippen LogP contribution in [0.1, 0.15) is 15.2 Å². The molecule has 0 atom stereocenters. The molecule has 0 aliphatic heterocycles. The van der Waals surface area contributed by atoms with Gasteiger partial charge in [0, 0.05) is 11.1 Å². The summed E-state index contributed by atoms with van der Waals surface area (Å²) in [6, 6.07) is 4.76. The van der Waals surface area contributed by atoms with Crippen molar-refractivity contribution in [3.63, 3.8) is 0 Å². The number of benzene rings is 1. The summed E-state index contributed by atoms with van der Waals surface area (Å²) < 4.78 is 26.3. The SMILES string of the molecule is Cc1cnc(NS(=O)(=O)c2ccc(C(=O)[O-])cc2)s1. The first-order valence-electron chi connectivity index (χ1n) is 5.15. The predicted octanol–water partition coefficient (Wildman–Crippen LogP) is 0.616. The highest BCUT2D eigenvalue weighted by molar-refractivity contribution is 7.93. The van der Waals surface area contributed by atoms with Crippen molar-refractivity contribution in [2.24, 2.45) is 0 Å². The molecule has 1 aromatic heterocycles. The first kappa shape index (κ1) is 13.5. The fraction of sp³-hybridized carbons (Fsp3) is 0.0909. The number of sulfonamides is 1. The molecule has 8 heteroatoms. The van der Waals surface area contributed by atoms with E-state index in [0.717, 1.165) is 4.88 Å². The number of carbonyl (C=O) groups is 1. The maximum absolute atomic E-state index is 12.0. The van der Waals surface area contributed by atoms with Gasteiger partial charge in [0.2, 0.25) is 0 Å². The Kier molecular flexibility index (Phi) is 3.54. The van der Waals surface area contributed by atoms with Crippen molar-refractivity contribution in [2.45, 2.75) is 11.8 Å². The van der Waals surface area contributed by atoms with Crippen LogP contribution in [0.5, 0.6) is 0 Å². The van der Waals surface area contributed by atoms with E-state index in [4.69, 9.17) is 0 Å². The largest absolute Gasteiger partial charge is 0.545 e. The number of nitrogens with one attached hydrogen (secondary N) is 1. The van der Waals surface area contributed by atoms with Crippen molar-refractivity contribution in [3.8, 4) is 0 Å². The summed E-state index contributed by atoms with van der Waals surface area (Å²) in [6.07, 6.45) is 1.56. The Morgan fingerprint density at radius 2 is 1.95 bits per heavy atom. The lowest BCUT2D eigenvalue weighted by molar-refractivity contribution is -0.255. The fourth-order valence-electron chi connectivity index (χ4n) is 1.35. The molecule has 0 radical (unpaired) electrons. The average molecular weight is 297 g/mol. The average Bonchev–Trinajstić information content (AvgIpc) is 2.74. The number of thiazole rings is 1. The van der Waals surface area contributed by atoms with Gasteiger partial charge in [0.15, 0.2) is 5.13 Å². The van der Waals surface area contributed by atoms with E-state index >= 15 is 0 Å². The van der Waals surface area contributed by atoms with E-state index in [1.807, 2.05) is 6.92 Å². The molecule has 0 aliphatic rings. The van der Waals surface area contributed by atoms with Crippen LogP contribution in [0.15, 0.2) is 35.4 Å². The van der Waals surface area contributed by atoms with E-state index in [9.17, 15) is 18.3 Å². The van der Waals surface area contributed by atoms with Crippen molar-refractivity contribution < 1.29 is 18.3 Å². The summed E-state index contributed by atoms with van der Waals surface area (Å²) in [7, 11) is -3.76. The van der Waals surface area contributed by atoms with Gasteiger partial charge in [-0.25, -0.2) is 13.4 Å². The number of anilines is 1. The Hall–Kier alpha value is -1.93. The van der Waals surface area contributed by atoms with Gasteiger partial charge >= 0.3 is 0 Å². The Morgan fingerprint density at radius 1 is 1.32 bits per heavy atom. The normalized spacial score (nSPS) is 11.2. The quantitative estimate of drug-likeness (QED) is 0.891. The molecule has 0 unspecified atom stereocenters. The second kappa shape index (κ2) is 4.98. The topological polar surface area (TPSA) is 99.2 Å². The molecule has 0 spiro atoms. The van der Waals surface area contributed by atoms with Gasteiger partial charge in [-0.3, -0.25) is 4.72 Å². The van der Waals surface area contributed by atoms with Crippen molar-refractivity contribution in [1.82, 2.24) is 4.98 Å². The molecule has 19 heavy (non-hydrogen) atoms. The Morgan fingerprint density at radius 3 is 2.42 bits per heavy atom. The highest BCUT2D eigenvalue weighted by Gasteiger charge is 2.15. The first-order valence-corrected chi connectivity index (χ1v) is 7.45. The maximum atomic E-state index is 12.0.